The molecule has 0 aliphatic heterocycles. The molecular weight excluding hydrogens is 408 g/mol. The van der Waals surface area contributed by atoms with Crippen LogP contribution in [0.3, 0.4) is 0 Å². The first-order valence-electron chi connectivity index (χ1n) is 9.39. The van der Waals surface area contributed by atoms with E-state index in [1.54, 1.807) is 37.3 Å². The van der Waals surface area contributed by atoms with E-state index < -0.39 is 11.1 Å². The number of aliphatic hydroxyl groups is 1. The van der Waals surface area contributed by atoms with Crippen LogP contribution in [0.25, 0.3) is 11.4 Å². The summed E-state index contributed by atoms with van der Waals surface area (Å²) in [6.45, 7) is 2.98. The molecule has 0 radical (unpaired) electrons. The number of amides is 2. The predicted molar refractivity (Wildman–Crippen MR) is 118 cm³/mol. The molecule has 0 fully saturated rings. The quantitative estimate of drug-likeness (QED) is 0.352. The number of rotatable bonds is 10. The van der Waals surface area contributed by atoms with Crippen LogP contribution in [0, 0.1) is 0 Å². The average molecular weight is 437 g/mol. The minimum absolute atomic E-state index is 0.0857. The molecule has 10 nitrogen and oxygen atoms in total. The molecule has 0 aliphatic carbocycles. The van der Waals surface area contributed by atoms with Gasteiger partial charge in [0.2, 0.25) is 0 Å². The van der Waals surface area contributed by atoms with Crippen LogP contribution in [0.5, 0.6) is 0 Å². The van der Waals surface area contributed by atoms with Crippen molar-refractivity contribution in [2.45, 2.75) is 18.7 Å². The van der Waals surface area contributed by atoms with Crippen LogP contribution < -0.4 is 16.0 Å². The molecular formula is C19H28N6O4S. The fourth-order valence-corrected chi connectivity index (χ4v) is 2.87. The van der Waals surface area contributed by atoms with Crippen molar-refractivity contribution in [3.8, 4) is 11.4 Å². The van der Waals surface area contributed by atoms with Gasteiger partial charge >= 0.3 is 6.03 Å². The Morgan fingerprint density at radius 2 is 1.93 bits per heavy atom. The average Bonchev–Trinajstić information content (AvgIpc) is 2.67. The first-order chi connectivity index (χ1) is 14.3. The minimum Gasteiger partial charge on any atom is -0.394 e. The zero-order valence-electron chi connectivity index (χ0n) is 17.3. The van der Waals surface area contributed by atoms with Crippen molar-refractivity contribution in [2.24, 2.45) is 0 Å². The van der Waals surface area contributed by atoms with Crippen LogP contribution in [0.2, 0.25) is 0 Å². The second-order valence-electron chi connectivity index (χ2n) is 7.02. The van der Waals surface area contributed by atoms with Crippen molar-refractivity contribution in [1.29, 1.82) is 0 Å². The molecule has 0 saturated carbocycles. The Morgan fingerprint density at radius 1 is 1.23 bits per heavy atom. The molecule has 1 aromatic heterocycles. The van der Waals surface area contributed by atoms with Gasteiger partial charge in [-0.25, -0.2) is 19.0 Å². The topological polar surface area (TPSA) is 140 Å². The van der Waals surface area contributed by atoms with E-state index in [2.05, 4.69) is 25.9 Å². The Labute approximate surface area is 178 Å². The Balaban J connectivity index is 2.14. The number of nitrogens with zero attached hydrogens (tertiary/aromatic N) is 3. The lowest BCUT2D eigenvalue weighted by atomic mass is 10.2. The summed E-state index contributed by atoms with van der Waals surface area (Å²) in [4.78, 5) is 22.7. The first-order valence-corrected chi connectivity index (χ1v) is 10.7. The minimum atomic E-state index is -2.05. The van der Waals surface area contributed by atoms with Gasteiger partial charge in [-0.2, -0.15) is 0 Å². The SMILES string of the molecule is C[C@@H](CO)Nc1cc(CS(=O)O)nc(-c2ccc(NC(=O)NCCN(C)C)cc2)n1. The zero-order chi connectivity index (χ0) is 22.1. The monoisotopic (exact) mass is 436 g/mol. The number of hydrogen-bond acceptors (Lipinski definition) is 7. The summed E-state index contributed by atoms with van der Waals surface area (Å²) in [5, 5.41) is 17.8. The number of likely N-dealkylation sites (N-methyl/N-ethyl adjacent to an activating group) is 1. The highest BCUT2D eigenvalue weighted by atomic mass is 32.2. The fraction of sp³-hybridized carbons (Fsp3) is 0.421. The first kappa shape index (κ1) is 23.7. The Morgan fingerprint density at radius 3 is 2.53 bits per heavy atom. The van der Waals surface area contributed by atoms with Gasteiger partial charge in [0.15, 0.2) is 16.9 Å². The van der Waals surface area contributed by atoms with Gasteiger partial charge in [-0.15, -0.1) is 0 Å². The van der Waals surface area contributed by atoms with Crippen LogP contribution >= 0.6 is 0 Å². The number of anilines is 2. The van der Waals surface area contributed by atoms with E-state index in [0.717, 1.165) is 6.54 Å². The summed E-state index contributed by atoms with van der Waals surface area (Å²) in [6, 6.07) is 8.01. The van der Waals surface area contributed by atoms with Gasteiger partial charge in [0.1, 0.15) is 5.82 Å². The van der Waals surface area contributed by atoms with Gasteiger partial charge in [0.05, 0.1) is 18.1 Å². The number of carbonyl (C=O) groups excluding carboxylic acids is 1. The lowest BCUT2D eigenvalue weighted by molar-refractivity contribution is 0.250. The van der Waals surface area contributed by atoms with Gasteiger partial charge in [0.25, 0.3) is 0 Å². The van der Waals surface area contributed by atoms with Gasteiger partial charge in [-0.3, -0.25) is 0 Å². The molecule has 1 aromatic carbocycles. The molecule has 1 unspecified atom stereocenters. The maximum absolute atomic E-state index is 11.9. The predicted octanol–water partition coefficient (Wildman–Crippen LogP) is 1.34. The summed E-state index contributed by atoms with van der Waals surface area (Å²) in [5.41, 5.74) is 1.69. The zero-order valence-corrected chi connectivity index (χ0v) is 18.1. The molecule has 5 N–H and O–H groups in total. The maximum Gasteiger partial charge on any atom is 0.319 e. The van der Waals surface area contributed by atoms with E-state index in [0.29, 0.717) is 35.1 Å². The third-order valence-corrected chi connectivity index (χ3v) is 4.51. The molecule has 11 heteroatoms. The summed E-state index contributed by atoms with van der Waals surface area (Å²) in [5.74, 6) is 0.682. The Bertz CT molecular complexity index is 863. The van der Waals surface area contributed by atoms with E-state index >= 15 is 0 Å². The molecule has 0 bridgehead atoms. The smallest absolute Gasteiger partial charge is 0.319 e. The summed E-state index contributed by atoms with van der Waals surface area (Å²) >= 11 is -2.05. The molecule has 30 heavy (non-hydrogen) atoms. The highest BCUT2D eigenvalue weighted by Gasteiger charge is 2.11. The highest BCUT2D eigenvalue weighted by molar-refractivity contribution is 7.78. The van der Waals surface area contributed by atoms with Crippen LogP contribution in [-0.4, -0.2) is 74.6 Å². The second-order valence-corrected chi connectivity index (χ2v) is 7.96. The highest BCUT2D eigenvalue weighted by Crippen LogP contribution is 2.21. The van der Waals surface area contributed by atoms with E-state index in [4.69, 9.17) is 0 Å². The number of carbonyl (C=O) groups is 1. The lowest BCUT2D eigenvalue weighted by Crippen LogP contribution is -2.34. The van der Waals surface area contributed by atoms with Gasteiger partial charge in [-0.1, -0.05) is 0 Å². The van der Waals surface area contributed by atoms with Crippen molar-refractivity contribution in [1.82, 2.24) is 20.2 Å². The molecule has 2 amide bonds. The van der Waals surface area contributed by atoms with Gasteiger partial charge in [0, 0.05) is 36.4 Å². The van der Waals surface area contributed by atoms with Crippen LogP contribution in [-0.2, 0) is 16.8 Å². The van der Waals surface area contributed by atoms with Gasteiger partial charge in [-0.05, 0) is 45.3 Å². The molecule has 2 rings (SSSR count). The molecule has 0 saturated heterocycles. The second kappa shape index (κ2) is 11.6. The van der Waals surface area contributed by atoms with Crippen molar-refractivity contribution in [3.63, 3.8) is 0 Å². The lowest BCUT2D eigenvalue weighted by Gasteiger charge is -2.14. The standard InChI is InChI=1S/C19H28N6O4S/c1-13(11-26)21-17-10-16(12-30(28)29)22-18(24-17)14-4-6-15(7-5-14)23-19(27)20-8-9-25(2)3/h4-7,10,13,26H,8-9,11-12H2,1-3H3,(H,28,29)(H2,20,23,27)(H,21,22,24)/t13-/m0/s1. The molecule has 0 spiro atoms. The van der Waals surface area contributed by atoms with Crippen molar-refractivity contribution in [2.75, 3.05) is 44.4 Å². The number of aromatic nitrogens is 2. The largest absolute Gasteiger partial charge is 0.394 e. The number of urea groups is 1. The number of aliphatic hydroxyl groups excluding tert-OH is 1. The molecule has 1 heterocycles. The number of nitrogens with one attached hydrogen (secondary N) is 3. The Hall–Kier alpha value is -2.60. The molecule has 0 aliphatic rings. The third-order valence-electron chi connectivity index (χ3n) is 3.96. The fourth-order valence-electron chi connectivity index (χ4n) is 2.47. The number of hydrogen-bond donors (Lipinski definition) is 5. The molecule has 2 aromatic rings. The summed E-state index contributed by atoms with van der Waals surface area (Å²) in [6.07, 6.45) is 0. The molecule has 164 valence electrons. The van der Waals surface area contributed by atoms with Crippen molar-refractivity contribution < 1.29 is 18.7 Å². The van der Waals surface area contributed by atoms with Crippen molar-refractivity contribution in [3.05, 3.63) is 36.0 Å². The van der Waals surface area contributed by atoms with E-state index in [1.165, 1.54) is 0 Å². The summed E-state index contributed by atoms with van der Waals surface area (Å²) < 4.78 is 20.4. The van der Waals surface area contributed by atoms with Crippen LogP contribution in [0.4, 0.5) is 16.3 Å². The van der Waals surface area contributed by atoms with Crippen LogP contribution in [0.15, 0.2) is 30.3 Å². The third kappa shape index (κ3) is 8.03. The van der Waals surface area contributed by atoms with E-state index in [1.807, 2.05) is 19.0 Å². The van der Waals surface area contributed by atoms with E-state index in [9.17, 15) is 18.7 Å². The summed E-state index contributed by atoms with van der Waals surface area (Å²) in [7, 11) is 3.86. The normalized spacial score (nSPS) is 13.0. The van der Waals surface area contributed by atoms with Crippen LogP contribution in [0.1, 0.15) is 12.6 Å². The Kier molecular flexibility index (Phi) is 9.12. The molecule has 2 atom stereocenters. The van der Waals surface area contributed by atoms with Crippen molar-refractivity contribution >= 4 is 28.6 Å². The number of benzene rings is 1. The van der Waals surface area contributed by atoms with E-state index in [-0.39, 0.29) is 24.4 Å². The van der Waals surface area contributed by atoms with Gasteiger partial charge < -0.3 is 30.5 Å². The maximum atomic E-state index is 11.9.